The van der Waals surface area contributed by atoms with E-state index in [0.717, 1.165) is 0 Å². The molecule has 3 nitrogen and oxygen atoms in total. The highest BCUT2D eigenvalue weighted by molar-refractivity contribution is 14.1. The topological polar surface area (TPSA) is 60.7 Å². The van der Waals surface area contributed by atoms with Crippen LogP contribution < -0.4 is 0 Å². The van der Waals surface area contributed by atoms with Gasteiger partial charge in [-0.1, -0.05) is 0 Å². The Hall–Kier alpha value is -0.650. The molecule has 0 atom stereocenters. The standard InChI is InChI=1S/C6H5IO3/c7-5-3(8)1-2-4(9)6(5)10/h1-2,8-10H. The van der Waals surface area contributed by atoms with Gasteiger partial charge in [0.05, 0.1) is 0 Å². The monoisotopic (exact) mass is 252 g/mol. The van der Waals surface area contributed by atoms with Gasteiger partial charge in [0.25, 0.3) is 0 Å². The second-order valence-corrected chi connectivity index (χ2v) is 2.85. The van der Waals surface area contributed by atoms with Crippen molar-refractivity contribution in [1.29, 1.82) is 0 Å². The number of halogens is 1. The molecule has 0 aliphatic heterocycles. The molecule has 4 heteroatoms. The first-order valence-corrected chi connectivity index (χ1v) is 3.60. The zero-order valence-electron chi connectivity index (χ0n) is 4.87. The smallest absolute Gasteiger partial charge is 0.174 e. The molecule has 3 N–H and O–H groups in total. The first-order valence-electron chi connectivity index (χ1n) is 2.52. The van der Waals surface area contributed by atoms with Gasteiger partial charge in [0.15, 0.2) is 11.5 Å². The molecule has 0 saturated carbocycles. The quantitative estimate of drug-likeness (QED) is 0.371. The lowest BCUT2D eigenvalue weighted by molar-refractivity contribution is 0.392. The van der Waals surface area contributed by atoms with Crippen molar-refractivity contribution in [1.82, 2.24) is 0 Å². The van der Waals surface area contributed by atoms with Gasteiger partial charge in [0.2, 0.25) is 0 Å². The predicted octanol–water partition coefficient (Wildman–Crippen LogP) is 1.41. The summed E-state index contributed by atoms with van der Waals surface area (Å²) in [4.78, 5) is 0. The summed E-state index contributed by atoms with van der Waals surface area (Å²) in [5.74, 6) is -0.529. The number of phenols is 3. The van der Waals surface area contributed by atoms with Crippen molar-refractivity contribution >= 4 is 22.6 Å². The molecule has 0 aromatic heterocycles. The Morgan fingerprint density at radius 3 is 2.00 bits per heavy atom. The van der Waals surface area contributed by atoms with E-state index < -0.39 is 0 Å². The molecule has 0 fully saturated rings. The normalized spacial score (nSPS) is 9.70. The third kappa shape index (κ3) is 1.11. The van der Waals surface area contributed by atoms with Gasteiger partial charge in [-0.25, -0.2) is 0 Å². The van der Waals surface area contributed by atoms with E-state index in [4.69, 9.17) is 15.3 Å². The van der Waals surface area contributed by atoms with Gasteiger partial charge >= 0.3 is 0 Å². The Kier molecular flexibility index (Phi) is 1.89. The summed E-state index contributed by atoms with van der Waals surface area (Å²) in [6.07, 6.45) is 0. The van der Waals surface area contributed by atoms with E-state index >= 15 is 0 Å². The van der Waals surface area contributed by atoms with E-state index in [1.54, 1.807) is 22.6 Å². The van der Waals surface area contributed by atoms with Gasteiger partial charge in [0, 0.05) is 0 Å². The summed E-state index contributed by atoms with van der Waals surface area (Å²) < 4.78 is 0.262. The summed E-state index contributed by atoms with van der Waals surface area (Å²) in [6, 6.07) is 2.55. The molecule has 0 spiro atoms. The Labute approximate surface area is 71.1 Å². The maximum Gasteiger partial charge on any atom is 0.174 e. The number of rotatable bonds is 0. The molecule has 0 bridgehead atoms. The largest absolute Gasteiger partial charge is 0.507 e. The minimum atomic E-state index is -0.277. The molecule has 1 rings (SSSR count). The Morgan fingerprint density at radius 1 is 1.00 bits per heavy atom. The molecule has 0 aliphatic rings. The minimum Gasteiger partial charge on any atom is -0.507 e. The molecule has 54 valence electrons. The predicted molar refractivity (Wildman–Crippen MR) is 44.2 cm³/mol. The van der Waals surface area contributed by atoms with Crippen LogP contribution in [0, 0.1) is 3.57 Å². The SMILES string of the molecule is Oc1ccc(O)c(I)c1O. The first-order chi connectivity index (χ1) is 4.63. The molecule has 0 radical (unpaired) electrons. The van der Waals surface area contributed by atoms with Crippen molar-refractivity contribution in [2.45, 2.75) is 0 Å². The molecule has 1 aromatic carbocycles. The van der Waals surface area contributed by atoms with E-state index in [0.29, 0.717) is 0 Å². The van der Waals surface area contributed by atoms with Crippen LogP contribution in [-0.2, 0) is 0 Å². The van der Waals surface area contributed by atoms with Gasteiger partial charge < -0.3 is 15.3 Å². The third-order valence-corrected chi connectivity index (χ3v) is 2.14. The molecule has 0 heterocycles. The van der Waals surface area contributed by atoms with Crippen LogP contribution in [0.25, 0.3) is 0 Å². The van der Waals surface area contributed by atoms with Crippen LogP contribution in [-0.4, -0.2) is 15.3 Å². The highest BCUT2D eigenvalue weighted by Crippen LogP contribution is 2.35. The molecule has 0 saturated heterocycles. The van der Waals surface area contributed by atoms with E-state index in [1.165, 1.54) is 12.1 Å². The lowest BCUT2D eigenvalue weighted by Crippen LogP contribution is -1.75. The summed E-state index contributed by atoms with van der Waals surface area (Å²) in [7, 11) is 0. The molecule has 0 unspecified atom stereocenters. The molecule has 1 aromatic rings. The van der Waals surface area contributed by atoms with E-state index in [2.05, 4.69) is 0 Å². The van der Waals surface area contributed by atoms with E-state index in [1.807, 2.05) is 0 Å². The van der Waals surface area contributed by atoms with Crippen molar-refractivity contribution < 1.29 is 15.3 Å². The van der Waals surface area contributed by atoms with Crippen LogP contribution in [0.3, 0.4) is 0 Å². The molecule has 0 amide bonds. The zero-order chi connectivity index (χ0) is 7.72. The number of aromatic hydroxyl groups is 3. The van der Waals surface area contributed by atoms with Gasteiger partial charge in [-0.15, -0.1) is 0 Å². The summed E-state index contributed by atoms with van der Waals surface area (Å²) in [6.45, 7) is 0. The summed E-state index contributed by atoms with van der Waals surface area (Å²) in [5.41, 5.74) is 0. The van der Waals surface area contributed by atoms with Gasteiger partial charge in [-0.2, -0.15) is 0 Å². The zero-order valence-corrected chi connectivity index (χ0v) is 7.03. The highest BCUT2D eigenvalue weighted by Gasteiger charge is 2.06. The first kappa shape index (κ1) is 7.46. The Bertz CT molecular complexity index is 232. The van der Waals surface area contributed by atoms with Crippen LogP contribution in [0.5, 0.6) is 17.2 Å². The highest BCUT2D eigenvalue weighted by atomic mass is 127. The average Bonchev–Trinajstić information content (AvgIpc) is 1.93. The van der Waals surface area contributed by atoms with Crippen LogP contribution in [0.1, 0.15) is 0 Å². The van der Waals surface area contributed by atoms with Crippen molar-refractivity contribution in [3.05, 3.63) is 15.7 Å². The second kappa shape index (κ2) is 2.53. The molecule has 0 aliphatic carbocycles. The van der Waals surface area contributed by atoms with Crippen molar-refractivity contribution in [3.8, 4) is 17.2 Å². The summed E-state index contributed by atoms with van der Waals surface area (Å²) in [5, 5.41) is 26.8. The fraction of sp³-hybridized carbons (Fsp3) is 0. The van der Waals surface area contributed by atoms with Crippen molar-refractivity contribution in [2.24, 2.45) is 0 Å². The molecular weight excluding hydrogens is 247 g/mol. The number of phenolic OH excluding ortho intramolecular Hbond substituents is 3. The molecule has 10 heavy (non-hydrogen) atoms. The van der Waals surface area contributed by atoms with Crippen molar-refractivity contribution in [2.75, 3.05) is 0 Å². The third-order valence-electron chi connectivity index (χ3n) is 1.07. The van der Waals surface area contributed by atoms with Crippen LogP contribution in [0.2, 0.25) is 0 Å². The fourth-order valence-electron chi connectivity index (χ4n) is 0.544. The van der Waals surface area contributed by atoms with Crippen molar-refractivity contribution in [3.63, 3.8) is 0 Å². The maximum atomic E-state index is 8.97. The Balaban J connectivity index is 3.34. The molecular formula is C6H5IO3. The number of hydrogen-bond acceptors (Lipinski definition) is 3. The average molecular weight is 252 g/mol. The lowest BCUT2D eigenvalue weighted by Gasteiger charge is -2.00. The minimum absolute atomic E-state index is 0.0316. The van der Waals surface area contributed by atoms with Gasteiger partial charge in [0.1, 0.15) is 9.32 Å². The van der Waals surface area contributed by atoms with Crippen LogP contribution in [0.4, 0.5) is 0 Å². The number of hydrogen-bond donors (Lipinski definition) is 3. The lowest BCUT2D eigenvalue weighted by atomic mass is 10.3. The van der Waals surface area contributed by atoms with Crippen LogP contribution >= 0.6 is 22.6 Å². The number of benzene rings is 1. The van der Waals surface area contributed by atoms with Gasteiger partial charge in [-0.3, -0.25) is 0 Å². The van der Waals surface area contributed by atoms with E-state index in [9.17, 15) is 0 Å². The van der Waals surface area contributed by atoms with Crippen LogP contribution in [0.15, 0.2) is 12.1 Å². The second-order valence-electron chi connectivity index (χ2n) is 1.77. The Morgan fingerprint density at radius 2 is 1.50 bits per heavy atom. The maximum absolute atomic E-state index is 8.97. The van der Waals surface area contributed by atoms with Gasteiger partial charge in [-0.05, 0) is 34.7 Å². The fourth-order valence-corrected chi connectivity index (χ4v) is 1.000. The van der Waals surface area contributed by atoms with E-state index in [-0.39, 0.29) is 20.8 Å². The summed E-state index contributed by atoms with van der Waals surface area (Å²) >= 11 is 1.73.